The summed E-state index contributed by atoms with van der Waals surface area (Å²) in [6.45, 7) is 3.66. The van der Waals surface area contributed by atoms with E-state index in [0.29, 0.717) is 28.1 Å². The Hall–Kier alpha value is -2.57. The predicted molar refractivity (Wildman–Crippen MR) is 102 cm³/mol. The molecule has 0 unspecified atom stereocenters. The van der Waals surface area contributed by atoms with Gasteiger partial charge in [0.15, 0.2) is 0 Å². The summed E-state index contributed by atoms with van der Waals surface area (Å²) < 4.78 is 19.1. The van der Waals surface area contributed by atoms with Gasteiger partial charge in [-0.2, -0.15) is 0 Å². The van der Waals surface area contributed by atoms with Crippen molar-refractivity contribution in [1.82, 2.24) is 4.90 Å². The lowest BCUT2D eigenvalue weighted by Gasteiger charge is -2.36. The molecule has 0 radical (unpaired) electrons. The van der Waals surface area contributed by atoms with E-state index in [0.717, 1.165) is 31.9 Å². The summed E-state index contributed by atoms with van der Waals surface area (Å²) >= 11 is 6.52. The van der Waals surface area contributed by atoms with E-state index in [9.17, 15) is 9.18 Å². The number of carboxylic acids is 1. The molecular formula is C20H18ClFN2O3. The first-order valence-electron chi connectivity index (χ1n) is 8.69. The highest BCUT2D eigenvalue weighted by Gasteiger charge is 2.22. The number of piperazine rings is 1. The zero-order chi connectivity index (χ0) is 19.0. The molecule has 0 spiro atoms. The molecule has 1 aliphatic rings. The predicted octanol–water partition coefficient (Wildman–Crippen LogP) is 4.25. The summed E-state index contributed by atoms with van der Waals surface area (Å²) in [4.78, 5) is 15.5. The number of hydrogen-bond acceptors (Lipinski definition) is 4. The first-order valence-corrected chi connectivity index (χ1v) is 9.07. The smallest absolute Gasteiger partial charge is 0.371 e. The van der Waals surface area contributed by atoms with Gasteiger partial charge in [0.25, 0.3) is 0 Å². The van der Waals surface area contributed by atoms with Crippen molar-refractivity contribution in [3.8, 4) is 0 Å². The van der Waals surface area contributed by atoms with Crippen molar-refractivity contribution in [2.75, 3.05) is 31.1 Å². The maximum absolute atomic E-state index is 13.8. The van der Waals surface area contributed by atoms with Gasteiger partial charge >= 0.3 is 5.97 Å². The molecule has 0 bridgehead atoms. The van der Waals surface area contributed by atoms with E-state index in [1.807, 2.05) is 18.2 Å². The molecule has 2 heterocycles. The fourth-order valence-corrected chi connectivity index (χ4v) is 3.76. The van der Waals surface area contributed by atoms with Crippen LogP contribution in [0.4, 0.5) is 10.1 Å². The van der Waals surface area contributed by atoms with Gasteiger partial charge in [-0.3, -0.25) is 4.90 Å². The Morgan fingerprint density at radius 3 is 2.59 bits per heavy atom. The molecule has 0 aliphatic carbocycles. The molecule has 27 heavy (non-hydrogen) atoms. The molecule has 0 atom stereocenters. The lowest BCUT2D eigenvalue weighted by molar-refractivity contribution is 0.0665. The second-order valence-corrected chi connectivity index (χ2v) is 6.96. The number of furan rings is 1. The third kappa shape index (κ3) is 3.50. The van der Waals surface area contributed by atoms with Crippen molar-refractivity contribution in [2.24, 2.45) is 0 Å². The van der Waals surface area contributed by atoms with Crippen molar-refractivity contribution in [3.05, 3.63) is 64.6 Å². The quantitative estimate of drug-likeness (QED) is 0.724. The van der Waals surface area contributed by atoms with E-state index in [1.54, 1.807) is 12.1 Å². The highest BCUT2D eigenvalue weighted by atomic mass is 35.5. The van der Waals surface area contributed by atoms with Crippen LogP contribution in [0.15, 0.2) is 46.9 Å². The Morgan fingerprint density at radius 1 is 1.15 bits per heavy atom. The van der Waals surface area contributed by atoms with E-state index in [2.05, 4.69) is 9.80 Å². The second kappa shape index (κ2) is 7.21. The zero-order valence-electron chi connectivity index (χ0n) is 14.5. The third-order valence-corrected chi connectivity index (χ3v) is 5.29. The first-order chi connectivity index (χ1) is 13.0. The van der Waals surface area contributed by atoms with Gasteiger partial charge < -0.3 is 14.4 Å². The molecule has 0 amide bonds. The van der Waals surface area contributed by atoms with Gasteiger partial charge in [-0.1, -0.05) is 29.8 Å². The lowest BCUT2D eigenvalue weighted by atomic mass is 10.1. The van der Waals surface area contributed by atoms with E-state index in [4.69, 9.17) is 21.1 Å². The van der Waals surface area contributed by atoms with Gasteiger partial charge in [0.05, 0.1) is 10.7 Å². The van der Waals surface area contributed by atoms with Crippen molar-refractivity contribution < 1.29 is 18.7 Å². The van der Waals surface area contributed by atoms with Crippen LogP contribution < -0.4 is 4.90 Å². The molecule has 5 nitrogen and oxygen atoms in total. The summed E-state index contributed by atoms with van der Waals surface area (Å²) in [7, 11) is 0. The maximum Gasteiger partial charge on any atom is 0.371 e. The van der Waals surface area contributed by atoms with Crippen LogP contribution in [0.2, 0.25) is 5.02 Å². The van der Waals surface area contributed by atoms with E-state index < -0.39 is 5.97 Å². The molecule has 1 aromatic heterocycles. The Morgan fingerprint density at radius 2 is 1.89 bits per heavy atom. The van der Waals surface area contributed by atoms with Gasteiger partial charge in [0.1, 0.15) is 11.4 Å². The molecule has 1 saturated heterocycles. The van der Waals surface area contributed by atoms with Gasteiger partial charge in [0, 0.05) is 49.7 Å². The minimum atomic E-state index is -1.12. The van der Waals surface area contributed by atoms with Crippen molar-refractivity contribution in [2.45, 2.75) is 6.54 Å². The minimum absolute atomic E-state index is 0.126. The SMILES string of the molecule is O=C(O)c1cc2c(Cl)c(N3CCN(Cc4ccccc4F)CC3)ccc2o1. The van der Waals surface area contributed by atoms with Crippen LogP contribution in [-0.4, -0.2) is 42.2 Å². The van der Waals surface area contributed by atoms with Crippen LogP contribution in [0.5, 0.6) is 0 Å². The second-order valence-electron chi connectivity index (χ2n) is 6.58. The van der Waals surface area contributed by atoms with Gasteiger partial charge in [0.2, 0.25) is 5.76 Å². The van der Waals surface area contributed by atoms with Crippen LogP contribution in [0.3, 0.4) is 0 Å². The average molecular weight is 389 g/mol. The van der Waals surface area contributed by atoms with E-state index in [-0.39, 0.29) is 11.6 Å². The Labute approximate surface area is 160 Å². The molecule has 1 aliphatic heterocycles. The number of halogens is 2. The number of hydrogen-bond donors (Lipinski definition) is 1. The third-order valence-electron chi connectivity index (χ3n) is 4.89. The molecule has 140 valence electrons. The fourth-order valence-electron chi connectivity index (χ4n) is 3.43. The number of aromatic carboxylic acids is 1. The number of benzene rings is 2. The van der Waals surface area contributed by atoms with Gasteiger partial charge in [-0.15, -0.1) is 0 Å². The number of anilines is 1. The van der Waals surface area contributed by atoms with Crippen molar-refractivity contribution in [3.63, 3.8) is 0 Å². The maximum atomic E-state index is 13.8. The van der Waals surface area contributed by atoms with E-state index >= 15 is 0 Å². The van der Waals surface area contributed by atoms with Crippen LogP contribution in [0.25, 0.3) is 11.0 Å². The number of carbonyl (C=O) groups is 1. The molecule has 0 saturated carbocycles. The van der Waals surface area contributed by atoms with Crippen LogP contribution in [0.1, 0.15) is 16.1 Å². The average Bonchev–Trinajstić information content (AvgIpc) is 3.11. The van der Waals surface area contributed by atoms with Crippen molar-refractivity contribution >= 4 is 34.2 Å². The summed E-state index contributed by atoms with van der Waals surface area (Å²) in [5, 5.41) is 10.2. The Bertz CT molecular complexity index is 996. The molecule has 4 rings (SSSR count). The van der Waals surface area contributed by atoms with Gasteiger partial charge in [-0.05, 0) is 18.2 Å². The normalized spacial score (nSPS) is 15.4. The molecule has 7 heteroatoms. The van der Waals surface area contributed by atoms with E-state index in [1.165, 1.54) is 12.1 Å². The number of fused-ring (bicyclic) bond motifs is 1. The standard InChI is InChI=1S/C20H18ClFN2O3/c21-19-14-11-18(20(25)26)27-17(14)6-5-16(19)24-9-7-23(8-10-24)12-13-3-1-2-4-15(13)22/h1-6,11H,7-10,12H2,(H,25,26). The van der Waals surface area contributed by atoms with Crippen LogP contribution in [0, 0.1) is 5.82 Å². The highest BCUT2D eigenvalue weighted by Crippen LogP contribution is 2.35. The Balaban J connectivity index is 1.48. The minimum Gasteiger partial charge on any atom is -0.475 e. The molecule has 2 aromatic carbocycles. The number of rotatable bonds is 4. The molecule has 1 fully saturated rings. The lowest BCUT2D eigenvalue weighted by Crippen LogP contribution is -2.46. The molecular weight excluding hydrogens is 371 g/mol. The summed E-state index contributed by atoms with van der Waals surface area (Å²) in [6, 6.07) is 11.9. The number of nitrogens with zero attached hydrogens (tertiary/aromatic N) is 2. The van der Waals surface area contributed by atoms with Crippen molar-refractivity contribution in [1.29, 1.82) is 0 Å². The number of carboxylic acid groups (broad SMARTS) is 1. The molecule has 3 aromatic rings. The van der Waals surface area contributed by atoms with Crippen LogP contribution in [-0.2, 0) is 6.54 Å². The zero-order valence-corrected chi connectivity index (χ0v) is 15.2. The van der Waals surface area contributed by atoms with Gasteiger partial charge in [-0.25, -0.2) is 9.18 Å². The highest BCUT2D eigenvalue weighted by molar-refractivity contribution is 6.38. The largest absolute Gasteiger partial charge is 0.475 e. The summed E-state index contributed by atoms with van der Waals surface area (Å²) in [5.74, 6) is -1.42. The summed E-state index contributed by atoms with van der Waals surface area (Å²) in [6.07, 6.45) is 0. The van der Waals surface area contributed by atoms with Crippen LogP contribution >= 0.6 is 11.6 Å². The topological polar surface area (TPSA) is 56.9 Å². The monoisotopic (exact) mass is 388 g/mol. The Kier molecular flexibility index (Phi) is 4.76. The molecule has 1 N–H and O–H groups in total. The fraction of sp³-hybridized carbons (Fsp3) is 0.250. The summed E-state index contributed by atoms with van der Waals surface area (Å²) in [5.41, 5.74) is 2.01. The first kappa shape index (κ1) is 17.8.